The number of furan rings is 1. The van der Waals surface area contributed by atoms with Gasteiger partial charge in [0.15, 0.2) is 0 Å². The van der Waals surface area contributed by atoms with Gasteiger partial charge in [0.25, 0.3) is 0 Å². The first-order valence-electron chi connectivity index (χ1n) is 6.19. The molecule has 92 valence electrons. The van der Waals surface area contributed by atoms with E-state index in [1.165, 1.54) is 5.56 Å². The average molecular weight is 224 g/mol. The molecule has 0 bridgehead atoms. The van der Waals surface area contributed by atoms with Crippen LogP contribution >= 0.6 is 0 Å². The first-order valence-corrected chi connectivity index (χ1v) is 6.19. The molecular weight excluding hydrogens is 200 g/mol. The van der Waals surface area contributed by atoms with E-state index in [9.17, 15) is 0 Å². The summed E-state index contributed by atoms with van der Waals surface area (Å²) in [5.74, 6) is 1.07. The summed E-state index contributed by atoms with van der Waals surface area (Å²) in [6.45, 7) is 12.6. The quantitative estimate of drug-likeness (QED) is 0.771. The van der Waals surface area contributed by atoms with Crippen molar-refractivity contribution >= 4 is 0 Å². The second-order valence-corrected chi connectivity index (χ2v) is 4.31. The maximum atomic E-state index is 5.50. The van der Waals surface area contributed by atoms with Crippen LogP contribution in [-0.2, 0) is 13.1 Å². The molecule has 0 saturated carbocycles. The highest BCUT2D eigenvalue weighted by molar-refractivity contribution is 5.16. The van der Waals surface area contributed by atoms with E-state index in [0.717, 1.165) is 31.9 Å². The predicted molar refractivity (Wildman–Crippen MR) is 67.3 cm³/mol. The molecule has 3 nitrogen and oxygen atoms in total. The first kappa shape index (κ1) is 13.3. The third kappa shape index (κ3) is 3.65. The molecule has 0 fully saturated rings. The van der Waals surface area contributed by atoms with Gasteiger partial charge < -0.3 is 9.73 Å². The van der Waals surface area contributed by atoms with Gasteiger partial charge in [-0.1, -0.05) is 13.8 Å². The molecule has 0 unspecified atom stereocenters. The van der Waals surface area contributed by atoms with Crippen LogP contribution in [0.25, 0.3) is 0 Å². The fourth-order valence-corrected chi connectivity index (χ4v) is 1.78. The zero-order chi connectivity index (χ0) is 12.0. The Kier molecular flexibility index (Phi) is 5.56. The minimum absolute atomic E-state index is 0.576. The molecule has 1 aromatic heterocycles. The van der Waals surface area contributed by atoms with Crippen molar-refractivity contribution in [3.05, 3.63) is 23.7 Å². The molecule has 0 spiro atoms. The Hall–Kier alpha value is -0.800. The molecule has 1 heterocycles. The van der Waals surface area contributed by atoms with Crippen molar-refractivity contribution in [2.75, 3.05) is 13.1 Å². The van der Waals surface area contributed by atoms with Gasteiger partial charge in [-0.25, -0.2) is 0 Å². The Bertz CT molecular complexity index is 294. The Morgan fingerprint density at radius 2 is 2.12 bits per heavy atom. The van der Waals surface area contributed by atoms with Crippen molar-refractivity contribution in [1.29, 1.82) is 0 Å². The van der Waals surface area contributed by atoms with Gasteiger partial charge in [-0.2, -0.15) is 0 Å². The molecule has 0 aliphatic carbocycles. The molecule has 3 heteroatoms. The molecular formula is C13H24N2O. The zero-order valence-electron chi connectivity index (χ0n) is 10.9. The predicted octanol–water partition coefficient (Wildman–Crippen LogP) is 2.62. The lowest BCUT2D eigenvalue weighted by atomic mass is 10.2. The minimum Gasteiger partial charge on any atom is -0.468 e. The van der Waals surface area contributed by atoms with Crippen molar-refractivity contribution in [2.24, 2.45) is 0 Å². The van der Waals surface area contributed by atoms with Crippen molar-refractivity contribution in [3.63, 3.8) is 0 Å². The van der Waals surface area contributed by atoms with E-state index < -0.39 is 0 Å². The Balaban J connectivity index is 2.61. The normalized spacial score (nSPS) is 11.6. The Morgan fingerprint density at radius 3 is 2.69 bits per heavy atom. The number of nitrogens with zero attached hydrogens (tertiary/aromatic N) is 1. The fourth-order valence-electron chi connectivity index (χ4n) is 1.78. The van der Waals surface area contributed by atoms with Crippen LogP contribution in [0.15, 0.2) is 16.7 Å². The van der Waals surface area contributed by atoms with Gasteiger partial charge in [0.2, 0.25) is 0 Å². The number of hydrogen-bond acceptors (Lipinski definition) is 3. The molecule has 0 aromatic carbocycles. The van der Waals surface area contributed by atoms with Gasteiger partial charge in [0, 0.05) is 18.2 Å². The Labute approximate surface area is 98.8 Å². The molecule has 0 saturated heterocycles. The highest BCUT2D eigenvalue weighted by atomic mass is 16.3. The lowest BCUT2D eigenvalue weighted by molar-refractivity contribution is 0.223. The number of nitrogens with one attached hydrogen (secondary N) is 1. The van der Waals surface area contributed by atoms with Crippen molar-refractivity contribution < 1.29 is 4.42 Å². The summed E-state index contributed by atoms with van der Waals surface area (Å²) in [4.78, 5) is 2.43. The van der Waals surface area contributed by atoms with E-state index in [2.05, 4.69) is 44.0 Å². The van der Waals surface area contributed by atoms with Gasteiger partial charge >= 0.3 is 0 Å². The van der Waals surface area contributed by atoms with Crippen molar-refractivity contribution in [3.8, 4) is 0 Å². The minimum atomic E-state index is 0.576. The molecule has 1 N–H and O–H groups in total. The maximum Gasteiger partial charge on any atom is 0.122 e. The van der Waals surface area contributed by atoms with Crippen LogP contribution in [-0.4, -0.2) is 24.0 Å². The van der Waals surface area contributed by atoms with Crippen LogP contribution in [0.2, 0.25) is 0 Å². The summed E-state index contributed by atoms with van der Waals surface area (Å²) in [6.07, 6.45) is 1.79. The molecule has 16 heavy (non-hydrogen) atoms. The third-order valence-electron chi connectivity index (χ3n) is 2.88. The molecule has 0 aliphatic heterocycles. The summed E-state index contributed by atoms with van der Waals surface area (Å²) >= 11 is 0. The van der Waals surface area contributed by atoms with E-state index in [1.807, 2.05) is 0 Å². The van der Waals surface area contributed by atoms with Gasteiger partial charge in [0.05, 0.1) is 12.8 Å². The van der Waals surface area contributed by atoms with Crippen LogP contribution in [0.5, 0.6) is 0 Å². The lowest BCUT2D eigenvalue weighted by Crippen LogP contribution is -2.30. The highest BCUT2D eigenvalue weighted by Crippen LogP contribution is 2.14. The molecule has 1 rings (SSSR count). The summed E-state index contributed by atoms with van der Waals surface area (Å²) < 4.78 is 5.50. The third-order valence-corrected chi connectivity index (χ3v) is 2.88. The molecule has 0 radical (unpaired) electrons. The topological polar surface area (TPSA) is 28.4 Å². The van der Waals surface area contributed by atoms with Crippen LogP contribution in [0, 0.1) is 0 Å². The van der Waals surface area contributed by atoms with E-state index >= 15 is 0 Å². The largest absolute Gasteiger partial charge is 0.468 e. The monoisotopic (exact) mass is 224 g/mol. The molecule has 0 aliphatic rings. The summed E-state index contributed by atoms with van der Waals surface area (Å²) in [5.41, 5.74) is 1.30. The van der Waals surface area contributed by atoms with E-state index in [1.54, 1.807) is 6.26 Å². The van der Waals surface area contributed by atoms with E-state index in [-0.39, 0.29) is 0 Å². The van der Waals surface area contributed by atoms with Crippen LogP contribution in [0.1, 0.15) is 39.0 Å². The first-order chi connectivity index (χ1) is 7.69. The summed E-state index contributed by atoms with van der Waals surface area (Å²) in [6, 6.07) is 2.66. The second kappa shape index (κ2) is 6.71. The van der Waals surface area contributed by atoms with E-state index in [0.29, 0.717) is 6.04 Å². The van der Waals surface area contributed by atoms with Crippen LogP contribution < -0.4 is 5.32 Å². The van der Waals surface area contributed by atoms with Gasteiger partial charge in [-0.05, 0) is 33.0 Å². The van der Waals surface area contributed by atoms with Crippen LogP contribution in [0.4, 0.5) is 0 Å². The van der Waals surface area contributed by atoms with E-state index in [4.69, 9.17) is 4.42 Å². The van der Waals surface area contributed by atoms with Crippen molar-refractivity contribution in [1.82, 2.24) is 10.2 Å². The fraction of sp³-hybridized carbons (Fsp3) is 0.692. The van der Waals surface area contributed by atoms with Gasteiger partial charge in [-0.3, -0.25) is 4.90 Å². The zero-order valence-corrected chi connectivity index (χ0v) is 10.9. The highest BCUT2D eigenvalue weighted by Gasteiger charge is 2.12. The molecule has 0 atom stereocenters. The summed E-state index contributed by atoms with van der Waals surface area (Å²) in [5, 5.41) is 3.30. The Morgan fingerprint density at radius 1 is 1.38 bits per heavy atom. The SMILES string of the molecule is CCNCc1occc1CN(CC)C(C)C. The summed E-state index contributed by atoms with van der Waals surface area (Å²) in [7, 11) is 0. The second-order valence-electron chi connectivity index (χ2n) is 4.31. The maximum absolute atomic E-state index is 5.50. The smallest absolute Gasteiger partial charge is 0.122 e. The molecule has 1 aromatic rings. The van der Waals surface area contributed by atoms with Crippen LogP contribution in [0.3, 0.4) is 0 Å². The lowest BCUT2D eigenvalue weighted by Gasteiger charge is -2.24. The van der Waals surface area contributed by atoms with Gasteiger partial charge in [0.1, 0.15) is 5.76 Å². The average Bonchev–Trinajstić information content (AvgIpc) is 2.69. The molecule has 0 amide bonds. The van der Waals surface area contributed by atoms with Gasteiger partial charge in [-0.15, -0.1) is 0 Å². The number of hydrogen-bond donors (Lipinski definition) is 1. The standard InChI is InChI=1S/C13H24N2O/c1-5-14-9-13-12(7-8-16-13)10-15(6-2)11(3)4/h7-8,11,14H,5-6,9-10H2,1-4H3. The van der Waals surface area contributed by atoms with Crippen molar-refractivity contribution in [2.45, 2.75) is 46.8 Å². The number of rotatable bonds is 7.